The van der Waals surface area contributed by atoms with Gasteiger partial charge in [-0.2, -0.15) is 0 Å². The van der Waals surface area contributed by atoms with Gasteiger partial charge in [-0.15, -0.1) is 0 Å². The lowest BCUT2D eigenvalue weighted by molar-refractivity contribution is 0.0846. The van der Waals surface area contributed by atoms with Crippen LogP contribution < -0.4 is 20.9 Å². The first-order valence-electron chi connectivity index (χ1n) is 9.30. The maximum Gasteiger partial charge on any atom is 0.269 e. The number of benzene rings is 3. The number of carbonyl (C=O) groups excluding carboxylic acids is 3. The van der Waals surface area contributed by atoms with E-state index in [0.717, 1.165) is 9.13 Å². The van der Waals surface area contributed by atoms with Crippen LogP contribution in [0.5, 0.6) is 5.75 Å². The molecule has 0 atom stereocenters. The van der Waals surface area contributed by atoms with Crippen LogP contribution in [0.1, 0.15) is 36.6 Å². The van der Waals surface area contributed by atoms with Crippen molar-refractivity contribution in [3.8, 4) is 5.75 Å². The average molecular weight is 529 g/mol. The van der Waals surface area contributed by atoms with Crippen LogP contribution in [0.3, 0.4) is 0 Å². The molecule has 3 amide bonds. The summed E-state index contributed by atoms with van der Waals surface area (Å²) in [4.78, 5) is 36.9. The monoisotopic (exact) mass is 529 g/mol. The fourth-order valence-electron chi connectivity index (χ4n) is 2.80. The molecule has 0 aliphatic carbocycles. The molecule has 0 fully saturated rings. The van der Waals surface area contributed by atoms with Gasteiger partial charge in [0.25, 0.3) is 17.7 Å². The SMILES string of the molecule is COc1ccc(C(=O)NNC(=O)c2ccc(NC(=O)c3ccccc3C)cc2)cc1I. The first-order valence-corrected chi connectivity index (χ1v) is 10.4. The van der Waals surface area contributed by atoms with Crippen molar-refractivity contribution in [3.63, 3.8) is 0 Å². The van der Waals surface area contributed by atoms with E-state index in [9.17, 15) is 14.4 Å². The second-order valence-corrected chi connectivity index (χ2v) is 7.77. The number of amides is 3. The van der Waals surface area contributed by atoms with Crippen molar-refractivity contribution in [2.75, 3.05) is 12.4 Å². The number of hydrazine groups is 1. The van der Waals surface area contributed by atoms with Crippen molar-refractivity contribution in [2.24, 2.45) is 0 Å². The van der Waals surface area contributed by atoms with E-state index in [1.165, 1.54) is 0 Å². The first kappa shape index (κ1) is 22.3. The van der Waals surface area contributed by atoms with Crippen LogP contribution in [-0.4, -0.2) is 24.8 Å². The zero-order valence-corrected chi connectivity index (χ0v) is 19.0. The van der Waals surface area contributed by atoms with E-state index < -0.39 is 11.8 Å². The van der Waals surface area contributed by atoms with Crippen LogP contribution in [0.2, 0.25) is 0 Å². The van der Waals surface area contributed by atoms with Gasteiger partial charge in [0.15, 0.2) is 0 Å². The van der Waals surface area contributed by atoms with Crippen molar-refractivity contribution in [2.45, 2.75) is 6.92 Å². The summed E-state index contributed by atoms with van der Waals surface area (Å²) in [5.41, 5.74) is 7.50. The molecule has 3 rings (SSSR count). The number of hydrogen-bond acceptors (Lipinski definition) is 4. The second kappa shape index (κ2) is 10.1. The van der Waals surface area contributed by atoms with Crippen LogP contribution in [0, 0.1) is 10.5 Å². The first-order chi connectivity index (χ1) is 14.9. The Labute approximate surface area is 193 Å². The predicted molar refractivity (Wildman–Crippen MR) is 126 cm³/mol. The molecule has 0 aliphatic heterocycles. The van der Waals surface area contributed by atoms with Crippen LogP contribution in [0.4, 0.5) is 5.69 Å². The summed E-state index contributed by atoms with van der Waals surface area (Å²) in [5.74, 6) is -0.489. The molecule has 7 nitrogen and oxygen atoms in total. The van der Waals surface area contributed by atoms with Gasteiger partial charge in [0.1, 0.15) is 5.75 Å². The highest BCUT2D eigenvalue weighted by Crippen LogP contribution is 2.21. The highest BCUT2D eigenvalue weighted by molar-refractivity contribution is 14.1. The number of methoxy groups -OCH3 is 1. The molecule has 0 saturated carbocycles. The molecule has 3 aromatic rings. The molecular formula is C23H20IN3O4. The number of hydrogen-bond donors (Lipinski definition) is 3. The number of ether oxygens (including phenoxy) is 1. The van der Waals surface area contributed by atoms with Gasteiger partial charge in [-0.3, -0.25) is 25.2 Å². The van der Waals surface area contributed by atoms with Gasteiger partial charge in [0.05, 0.1) is 10.7 Å². The minimum atomic E-state index is -0.478. The minimum absolute atomic E-state index is 0.225. The number of nitrogens with one attached hydrogen (secondary N) is 3. The van der Waals surface area contributed by atoms with Gasteiger partial charge in [-0.05, 0) is 83.6 Å². The third kappa shape index (κ3) is 5.60. The Morgan fingerprint density at radius 3 is 2.03 bits per heavy atom. The summed E-state index contributed by atoms with van der Waals surface area (Å²) in [5, 5.41) is 2.80. The van der Waals surface area contributed by atoms with E-state index in [1.54, 1.807) is 61.7 Å². The van der Waals surface area contributed by atoms with Gasteiger partial charge in [0.2, 0.25) is 0 Å². The van der Waals surface area contributed by atoms with Gasteiger partial charge < -0.3 is 10.1 Å². The van der Waals surface area contributed by atoms with Crippen molar-refractivity contribution in [1.82, 2.24) is 10.9 Å². The number of carbonyl (C=O) groups is 3. The van der Waals surface area contributed by atoms with E-state index in [2.05, 4.69) is 38.8 Å². The van der Waals surface area contributed by atoms with Gasteiger partial charge in [0, 0.05) is 22.4 Å². The molecule has 31 heavy (non-hydrogen) atoms. The standard InChI is InChI=1S/C23H20IN3O4/c1-14-5-3-4-6-18(14)23(30)25-17-10-7-15(8-11-17)21(28)26-27-22(29)16-9-12-20(31-2)19(24)13-16/h3-13H,1-2H3,(H,25,30)(H,26,28)(H,27,29). The Balaban J connectivity index is 1.57. The van der Waals surface area contributed by atoms with E-state index in [1.807, 2.05) is 19.1 Å². The zero-order chi connectivity index (χ0) is 22.4. The number of rotatable bonds is 5. The molecule has 0 radical (unpaired) electrons. The molecule has 0 unspecified atom stereocenters. The fourth-order valence-corrected chi connectivity index (χ4v) is 3.53. The topological polar surface area (TPSA) is 96.5 Å². The van der Waals surface area contributed by atoms with Gasteiger partial charge in [-0.25, -0.2) is 0 Å². The molecule has 158 valence electrons. The smallest absolute Gasteiger partial charge is 0.269 e. The maximum atomic E-state index is 12.4. The van der Waals surface area contributed by atoms with Crippen molar-refractivity contribution < 1.29 is 19.1 Å². The lowest BCUT2D eigenvalue weighted by Gasteiger charge is -2.10. The van der Waals surface area contributed by atoms with Crippen molar-refractivity contribution >= 4 is 46.0 Å². The summed E-state index contributed by atoms with van der Waals surface area (Å²) < 4.78 is 5.95. The Hall–Kier alpha value is -3.40. The van der Waals surface area contributed by atoms with E-state index in [4.69, 9.17) is 4.74 Å². The lowest BCUT2D eigenvalue weighted by atomic mass is 10.1. The normalized spacial score (nSPS) is 10.2. The second-order valence-electron chi connectivity index (χ2n) is 6.60. The van der Waals surface area contributed by atoms with Gasteiger partial charge in [-0.1, -0.05) is 18.2 Å². The van der Waals surface area contributed by atoms with Gasteiger partial charge >= 0.3 is 0 Å². The number of aryl methyl sites for hydroxylation is 1. The Bertz CT molecular complexity index is 1130. The molecule has 0 heterocycles. The Kier molecular flexibility index (Phi) is 7.24. The molecule has 3 aromatic carbocycles. The molecule has 0 saturated heterocycles. The third-order valence-corrected chi connectivity index (χ3v) is 5.34. The van der Waals surface area contributed by atoms with Crippen LogP contribution >= 0.6 is 22.6 Å². The highest BCUT2D eigenvalue weighted by atomic mass is 127. The quantitative estimate of drug-likeness (QED) is 0.345. The zero-order valence-electron chi connectivity index (χ0n) is 16.9. The molecule has 0 bridgehead atoms. The van der Waals surface area contributed by atoms with Crippen molar-refractivity contribution in [1.29, 1.82) is 0 Å². The number of anilines is 1. The molecule has 0 aliphatic rings. The van der Waals surface area contributed by atoms with Crippen LogP contribution in [0.25, 0.3) is 0 Å². The molecular weight excluding hydrogens is 509 g/mol. The summed E-state index contributed by atoms with van der Waals surface area (Å²) in [6, 6.07) is 18.6. The van der Waals surface area contributed by atoms with Crippen molar-refractivity contribution in [3.05, 3.63) is 92.6 Å². The summed E-state index contributed by atoms with van der Waals surface area (Å²) in [6.45, 7) is 1.86. The van der Waals surface area contributed by atoms with Crippen LogP contribution in [-0.2, 0) is 0 Å². The van der Waals surface area contributed by atoms with E-state index >= 15 is 0 Å². The Morgan fingerprint density at radius 1 is 0.806 bits per heavy atom. The maximum absolute atomic E-state index is 12.4. The number of halogens is 1. The molecule has 0 aromatic heterocycles. The largest absolute Gasteiger partial charge is 0.496 e. The molecule has 8 heteroatoms. The third-order valence-electron chi connectivity index (χ3n) is 4.50. The van der Waals surface area contributed by atoms with E-state index in [0.29, 0.717) is 28.1 Å². The average Bonchev–Trinajstić information content (AvgIpc) is 2.77. The fraction of sp³-hybridized carbons (Fsp3) is 0.0870. The molecule has 3 N–H and O–H groups in total. The highest BCUT2D eigenvalue weighted by Gasteiger charge is 2.12. The molecule has 0 spiro atoms. The summed E-state index contributed by atoms with van der Waals surface area (Å²) in [6.07, 6.45) is 0. The minimum Gasteiger partial charge on any atom is -0.496 e. The Morgan fingerprint density at radius 2 is 1.42 bits per heavy atom. The predicted octanol–water partition coefficient (Wildman–Crippen LogP) is 3.94. The summed E-state index contributed by atoms with van der Waals surface area (Å²) in [7, 11) is 1.55. The van der Waals surface area contributed by atoms with Crippen LogP contribution in [0.15, 0.2) is 66.7 Å². The van der Waals surface area contributed by atoms with E-state index in [-0.39, 0.29) is 5.91 Å². The summed E-state index contributed by atoms with van der Waals surface area (Å²) >= 11 is 2.06. The lowest BCUT2D eigenvalue weighted by Crippen LogP contribution is -2.41.